The Balaban J connectivity index is 1.86. The third kappa shape index (κ3) is 4.42. The zero-order chi connectivity index (χ0) is 31.3. The second-order valence-electron chi connectivity index (χ2n) is 12.1. The van der Waals surface area contributed by atoms with Crippen LogP contribution in [-0.2, 0) is 6.42 Å². The number of aryl methyl sites for hydroxylation is 3. The average molecular weight is 581 g/mol. The second kappa shape index (κ2) is 11.4. The number of hydrogen-bond donors (Lipinski definition) is 3. The lowest BCUT2D eigenvalue weighted by atomic mass is 9.73. The van der Waals surface area contributed by atoms with Gasteiger partial charge in [0.15, 0.2) is 0 Å². The van der Waals surface area contributed by atoms with Crippen LogP contribution in [-0.4, -0.2) is 15.3 Å². The van der Waals surface area contributed by atoms with Crippen LogP contribution in [0.25, 0.3) is 38.2 Å². The van der Waals surface area contributed by atoms with Gasteiger partial charge in [-0.3, -0.25) is 0 Å². The van der Waals surface area contributed by atoms with Crippen LogP contribution in [0.15, 0.2) is 91.0 Å². The van der Waals surface area contributed by atoms with E-state index in [-0.39, 0.29) is 23.2 Å². The number of rotatable bonds is 5. The minimum absolute atomic E-state index is 0.137. The Morgan fingerprint density at radius 3 is 2.14 bits per heavy atom. The first-order valence-electron chi connectivity index (χ1n) is 15.5. The Morgan fingerprint density at radius 1 is 0.795 bits per heavy atom. The van der Waals surface area contributed by atoms with Crippen LogP contribution in [0.1, 0.15) is 64.6 Å². The van der Waals surface area contributed by atoms with Crippen molar-refractivity contribution in [2.75, 3.05) is 0 Å². The van der Waals surface area contributed by atoms with Gasteiger partial charge in [-0.15, -0.1) is 0 Å². The fourth-order valence-electron chi connectivity index (χ4n) is 7.44. The molecule has 44 heavy (non-hydrogen) atoms. The molecule has 1 aliphatic carbocycles. The first kappa shape index (κ1) is 29.3. The molecule has 3 nitrogen and oxygen atoms in total. The maximum absolute atomic E-state index is 12.1. The third-order valence-corrected chi connectivity index (χ3v) is 9.73. The molecule has 1 atom stereocenters. The van der Waals surface area contributed by atoms with Crippen molar-refractivity contribution in [3.8, 4) is 28.4 Å². The summed E-state index contributed by atoms with van der Waals surface area (Å²) in [6.45, 7) is 13.8. The maximum atomic E-state index is 12.1. The molecule has 0 spiro atoms. The zero-order valence-electron chi connectivity index (χ0n) is 26.3. The van der Waals surface area contributed by atoms with Gasteiger partial charge in [-0.1, -0.05) is 79.4 Å². The SMILES string of the molecule is C=C/C=C(\C(=C/C)C1CCCc2ccccc21)c1c2c(C)c(O)c(C)cc2c(-c2ccccc2)c2c(O)c(C)c(C)c(O)c12. The molecule has 5 aromatic carbocycles. The number of fused-ring (bicyclic) bond motifs is 3. The molecule has 0 bridgehead atoms. The molecule has 0 fully saturated rings. The highest BCUT2D eigenvalue weighted by Crippen LogP contribution is 2.54. The van der Waals surface area contributed by atoms with Gasteiger partial charge in [0.05, 0.1) is 0 Å². The molecule has 222 valence electrons. The van der Waals surface area contributed by atoms with Crippen molar-refractivity contribution in [2.24, 2.45) is 0 Å². The van der Waals surface area contributed by atoms with E-state index in [9.17, 15) is 15.3 Å². The molecule has 0 radical (unpaired) electrons. The summed E-state index contributed by atoms with van der Waals surface area (Å²) in [5.74, 6) is 0.673. The first-order valence-corrected chi connectivity index (χ1v) is 15.5. The fourth-order valence-corrected chi connectivity index (χ4v) is 7.44. The number of phenols is 3. The van der Waals surface area contributed by atoms with Crippen molar-refractivity contribution in [1.29, 1.82) is 0 Å². The van der Waals surface area contributed by atoms with Crippen LogP contribution in [0.5, 0.6) is 17.2 Å². The lowest BCUT2D eigenvalue weighted by Crippen LogP contribution is -2.13. The van der Waals surface area contributed by atoms with Crippen LogP contribution in [0.4, 0.5) is 0 Å². The van der Waals surface area contributed by atoms with Crippen molar-refractivity contribution in [2.45, 2.75) is 59.8 Å². The van der Waals surface area contributed by atoms with E-state index >= 15 is 0 Å². The summed E-state index contributed by atoms with van der Waals surface area (Å²) >= 11 is 0. The average Bonchev–Trinajstić information content (AvgIpc) is 3.04. The quantitative estimate of drug-likeness (QED) is 0.110. The lowest BCUT2D eigenvalue weighted by molar-refractivity contribution is 0.462. The molecule has 3 heteroatoms. The van der Waals surface area contributed by atoms with Gasteiger partial charge in [0.1, 0.15) is 17.2 Å². The van der Waals surface area contributed by atoms with Gasteiger partial charge in [-0.25, -0.2) is 0 Å². The van der Waals surface area contributed by atoms with E-state index in [1.165, 1.54) is 11.1 Å². The zero-order valence-corrected chi connectivity index (χ0v) is 26.3. The predicted octanol–water partition coefficient (Wildman–Crippen LogP) is 10.6. The number of aromatic hydroxyl groups is 3. The molecule has 0 aromatic heterocycles. The highest BCUT2D eigenvalue weighted by molar-refractivity contribution is 6.24. The van der Waals surface area contributed by atoms with Gasteiger partial charge in [0.2, 0.25) is 0 Å². The van der Waals surface area contributed by atoms with Crippen LogP contribution in [0, 0.1) is 27.7 Å². The highest BCUT2D eigenvalue weighted by Gasteiger charge is 2.31. The number of benzene rings is 5. The number of hydrogen-bond acceptors (Lipinski definition) is 3. The topological polar surface area (TPSA) is 60.7 Å². The Hall–Kier alpha value is -4.76. The van der Waals surface area contributed by atoms with E-state index in [0.717, 1.165) is 69.0 Å². The van der Waals surface area contributed by atoms with Gasteiger partial charge in [-0.05, 0) is 121 Å². The van der Waals surface area contributed by atoms with Crippen LogP contribution in [0.3, 0.4) is 0 Å². The van der Waals surface area contributed by atoms with Gasteiger partial charge < -0.3 is 15.3 Å². The Morgan fingerprint density at radius 2 is 1.45 bits per heavy atom. The van der Waals surface area contributed by atoms with Gasteiger partial charge >= 0.3 is 0 Å². The summed E-state index contributed by atoms with van der Waals surface area (Å²) in [5.41, 5.74) is 10.1. The Bertz CT molecular complexity index is 2030. The van der Waals surface area contributed by atoms with E-state index in [1.807, 2.05) is 70.2 Å². The Kier molecular flexibility index (Phi) is 7.59. The molecule has 0 saturated heterocycles. The van der Waals surface area contributed by atoms with E-state index < -0.39 is 0 Å². The first-order chi connectivity index (χ1) is 21.2. The largest absolute Gasteiger partial charge is 0.507 e. The fraction of sp³-hybridized carbons (Fsp3) is 0.220. The summed E-state index contributed by atoms with van der Waals surface area (Å²) in [5, 5.41) is 38.4. The molecule has 6 rings (SSSR count). The highest BCUT2D eigenvalue weighted by atomic mass is 16.3. The van der Waals surface area contributed by atoms with Crippen molar-refractivity contribution < 1.29 is 15.3 Å². The molecular formula is C41H40O3. The summed E-state index contributed by atoms with van der Waals surface area (Å²) in [6, 6.07) is 20.7. The van der Waals surface area contributed by atoms with E-state index in [2.05, 4.69) is 43.8 Å². The summed E-state index contributed by atoms with van der Waals surface area (Å²) in [4.78, 5) is 0. The molecule has 1 unspecified atom stereocenters. The summed E-state index contributed by atoms with van der Waals surface area (Å²) in [7, 11) is 0. The number of allylic oxidation sites excluding steroid dienone is 5. The molecule has 1 aliphatic rings. The second-order valence-corrected chi connectivity index (χ2v) is 12.1. The predicted molar refractivity (Wildman–Crippen MR) is 185 cm³/mol. The number of phenolic OH excluding ortho intramolecular Hbond substituents is 3. The third-order valence-electron chi connectivity index (χ3n) is 9.73. The summed E-state index contributed by atoms with van der Waals surface area (Å²) < 4.78 is 0. The van der Waals surface area contributed by atoms with Crippen molar-refractivity contribution in [3.05, 3.63) is 130 Å². The molecule has 5 aromatic rings. The van der Waals surface area contributed by atoms with Crippen molar-refractivity contribution in [1.82, 2.24) is 0 Å². The molecule has 0 aliphatic heterocycles. The normalized spacial score (nSPS) is 15.5. The van der Waals surface area contributed by atoms with E-state index in [4.69, 9.17) is 0 Å². The molecule has 3 N–H and O–H groups in total. The molecular weight excluding hydrogens is 540 g/mol. The molecule has 0 heterocycles. The molecule has 0 amide bonds. The minimum Gasteiger partial charge on any atom is -0.507 e. The standard InChI is InChI=1S/C41H40O3/c1-7-15-32(29(8-2)31-21-14-19-27-16-12-13-20-30(27)31)36-34-26(6)39(42)23(3)22-33(34)35(28-17-10-9-11-18-28)37-38(36)41(44)25(5)24(4)40(37)43/h7-13,15-18,20,22,31,42-44H,1,14,19,21H2,2-6H3/b29-8-,32-15+. The smallest absolute Gasteiger partial charge is 0.127 e. The van der Waals surface area contributed by atoms with Crippen molar-refractivity contribution >= 4 is 27.1 Å². The minimum atomic E-state index is 0.137. The molecule has 0 saturated carbocycles. The van der Waals surface area contributed by atoms with Crippen LogP contribution < -0.4 is 0 Å². The maximum Gasteiger partial charge on any atom is 0.127 e. The summed E-state index contributed by atoms with van der Waals surface area (Å²) in [6.07, 6.45) is 9.16. The van der Waals surface area contributed by atoms with Crippen LogP contribution >= 0.6 is 0 Å². The van der Waals surface area contributed by atoms with E-state index in [1.54, 1.807) is 6.08 Å². The van der Waals surface area contributed by atoms with Gasteiger partial charge in [-0.2, -0.15) is 0 Å². The van der Waals surface area contributed by atoms with Crippen LogP contribution in [0.2, 0.25) is 0 Å². The Labute approximate surface area is 260 Å². The van der Waals surface area contributed by atoms with Gasteiger partial charge in [0.25, 0.3) is 0 Å². The van der Waals surface area contributed by atoms with E-state index in [0.29, 0.717) is 21.9 Å². The lowest BCUT2D eigenvalue weighted by Gasteiger charge is -2.31. The van der Waals surface area contributed by atoms with Gasteiger partial charge in [0, 0.05) is 27.8 Å². The van der Waals surface area contributed by atoms with Crippen molar-refractivity contribution in [3.63, 3.8) is 0 Å². The monoisotopic (exact) mass is 580 g/mol.